The van der Waals surface area contributed by atoms with Crippen LogP contribution in [0.15, 0.2) is 29.8 Å². The standard InChI is InChI=1S/C11H15N3O3/c1-4-6-14(7-5-2)10(15)8-16-11-12-9(3)13-17-11/h4-5H,1-2,6-8H2,3H3. The van der Waals surface area contributed by atoms with E-state index in [0.717, 1.165) is 0 Å². The Morgan fingerprint density at radius 2 is 2.12 bits per heavy atom. The lowest BCUT2D eigenvalue weighted by Crippen LogP contribution is -2.35. The first-order chi connectivity index (χ1) is 8.17. The lowest BCUT2D eigenvalue weighted by molar-refractivity contribution is -0.132. The van der Waals surface area contributed by atoms with Crippen molar-refractivity contribution < 1.29 is 14.1 Å². The molecule has 1 heterocycles. The van der Waals surface area contributed by atoms with E-state index >= 15 is 0 Å². The fourth-order valence-electron chi connectivity index (χ4n) is 1.14. The van der Waals surface area contributed by atoms with Gasteiger partial charge < -0.3 is 9.64 Å². The molecule has 1 rings (SSSR count). The zero-order chi connectivity index (χ0) is 12.7. The number of carbonyl (C=O) groups excluding carboxylic acids is 1. The minimum Gasteiger partial charge on any atom is -0.439 e. The SMILES string of the molecule is C=CCN(CC=C)C(=O)COc1nc(C)no1. The Morgan fingerprint density at radius 1 is 1.47 bits per heavy atom. The summed E-state index contributed by atoms with van der Waals surface area (Å²) >= 11 is 0. The summed E-state index contributed by atoms with van der Waals surface area (Å²) in [4.78, 5) is 17.1. The van der Waals surface area contributed by atoms with Crippen molar-refractivity contribution in [3.8, 4) is 6.08 Å². The molecule has 0 aliphatic heterocycles. The van der Waals surface area contributed by atoms with Gasteiger partial charge in [0.15, 0.2) is 12.4 Å². The molecule has 17 heavy (non-hydrogen) atoms. The molecule has 92 valence electrons. The van der Waals surface area contributed by atoms with Gasteiger partial charge in [0.1, 0.15) is 0 Å². The van der Waals surface area contributed by atoms with Gasteiger partial charge >= 0.3 is 6.08 Å². The maximum atomic E-state index is 11.7. The van der Waals surface area contributed by atoms with E-state index in [0.29, 0.717) is 18.9 Å². The number of amides is 1. The molecular weight excluding hydrogens is 222 g/mol. The Labute approximate surface area is 99.6 Å². The van der Waals surface area contributed by atoms with Crippen molar-refractivity contribution >= 4 is 5.91 Å². The smallest absolute Gasteiger partial charge is 0.417 e. The first kappa shape index (κ1) is 13.0. The largest absolute Gasteiger partial charge is 0.439 e. The molecule has 6 heteroatoms. The zero-order valence-electron chi connectivity index (χ0n) is 9.76. The average Bonchev–Trinajstić information content (AvgIpc) is 2.72. The Morgan fingerprint density at radius 3 is 2.59 bits per heavy atom. The second kappa shape index (κ2) is 6.47. The minimum atomic E-state index is -0.194. The van der Waals surface area contributed by atoms with Crippen molar-refractivity contribution in [1.29, 1.82) is 0 Å². The predicted octanol–water partition coefficient (Wildman–Crippen LogP) is 0.957. The maximum Gasteiger partial charge on any atom is 0.417 e. The van der Waals surface area contributed by atoms with Crippen molar-refractivity contribution in [3.05, 3.63) is 31.1 Å². The molecule has 1 aromatic rings. The monoisotopic (exact) mass is 237 g/mol. The number of hydrogen-bond acceptors (Lipinski definition) is 5. The number of hydrogen-bond donors (Lipinski definition) is 0. The third-order valence-electron chi connectivity index (χ3n) is 1.88. The molecule has 1 aromatic heterocycles. The molecule has 0 bridgehead atoms. The fraction of sp³-hybridized carbons (Fsp3) is 0.364. The van der Waals surface area contributed by atoms with Gasteiger partial charge in [-0.2, -0.15) is 4.98 Å². The van der Waals surface area contributed by atoms with Gasteiger partial charge in [-0.15, -0.1) is 13.2 Å². The lowest BCUT2D eigenvalue weighted by atomic mass is 10.4. The lowest BCUT2D eigenvalue weighted by Gasteiger charge is -2.18. The van der Waals surface area contributed by atoms with E-state index < -0.39 is 0 Å². The summed E-state index contributed by atoms with van der Waals surface area (Å²) in [6.45, 7) is 9.55. The van der Waals surface area contributed by atoms with E-state index in [1.807, 2.05) is 0 Å². The third-order valence-corrected chi connectivity index (χ3v) is 1.88. The van der Waals surface area contributed by atoms with Crippen LogP contribution in [-0.2, 0) is 4.79 Å². The number of carbonyl (C=O) groups is 1. The van der Waals surface area contributed by atoms with E-state index in [4.69, 9.17) is 9.26 Å². The number of rotatable bonds is 7. The van der Waals surface area contributed by atoms with Crippen LogP contribution in [0.5, 0.6) is 6.08 Å². The highest BCUT2D eigenvalue weighted by molar-refractivity contribution is 5.78. The average molecular weight is 237 g/mol. The highest BCUT2D eigenvalue weighted by Crippen LogP contribution is 2.05. The highest BCUT2D eigenvalue weighted by Gasteiger charge is 2.13. The quantitative estimate of drug-likeness (QED) is 0.660. The summed E-state index contributed by atoms with van der Waals surface area (Å²) in [6, 6.07) is 0. The summed E-state index contributed by atoms with van der Waals surface area (Å²) in [5.41, 5.74) is 0. The molecule has 0 fully saturated rings. The van der Waals surface area contributed by atoms with E-state index in [-0.39, 0.29) is 18.6 Å². The van der Waals surface area contributed by atoms with Gasteiger partial charge in [-0.3, -0.25) is 9.32 Å². The molecule has 0 atom stereocenters. The molecule has 6 nitrogen and oxygen atoms in total. The van der Waals surface area contributed by atoms with Crippen LogP contribution in [0.3, 0.4) is 0 Å². The number of nitrogens with zero attached hydrogens (tertiary/aromatic N) is 3. The Bertz CT molecular complexity index is 390. The maximum absolute atomic E-state index is 11.7. The van der Waals surface area contributed by atoms with Crippen LogP contribution in [-0.4, -0.2) is 40.6 Å². The summed E-state index contributed by atoms with van der Waals surface area (Å²) in [7, 11) is 0. The van der Waals surface area contributed by atoms with Gasteiger partial charge in [0.25, 0.3) is 5.91 Å². The molecule has 0 unspecified atom stereocenters. The topological polar surface area (TPSA) is 68.5 Å². The molecule has 0 saturated carbocycles. The minimum absolute atomic E-state index is 0.00648. The second-order valence-electron chi connectivity index (χ2n) is 3.27. The molecule has 0 N–H and O–H groups in total. The molecule has 0 saturated heterocycles. The summed E-state index contributed by atoms with van der Waals surface area (Å²) in [5.74, 6) is 0.266. The Kier molecular flexibility index (Phi) is 4.93. The molecule has 0 aliphatic carbocycles. The van der Waals surface area contributed by atoms with E-state index in [1.165, 1.54) is 0 Å². The summed E-state index contributed by atoms with van der Waals surface area (Å²) < 4.78 is 9.78. The van der Waals surface area contributed by atoms with Gasteiger partial charge in [0, 0.05) is 13.1 Å². The van der Waals surface area contributed by atoms with Crippen LogP contribution in [0, 0.1) is 6.92 Å². The summed E-state index contributed by atoms with van der Waals surface area (Å²) in [5, 5.41) is 3.54. The van der Waals surface area contributed by atoms with Crippen LogP contribution in [0.1, 0.15) is 5.82 Å². The molecule has 0 radical (unpaired) electrons. The first-order valence-corrected chi connectivity index (χ1v) is 5.10. The van der Waals surface area contributed by atoms with Crippen molar-refractivity contribution in [2.45, 2.75) is 6.92 Å². The van der Waals surface area contributed by atoms with E-state index in [9.17, 15) is 4.79 Å². The molecule has 1 amide bonds. The molecule has 0 spiro atoms. The van der Waals surface area contributed by atoms with Gasteiger partial charge in [-0.1, -0.05) is 17.3 Å². The zero-order valence-corrected chi connectivity index (χ0v) is 9.76. The van der Waals surface area contributed by atoms with E-state index in [1.54, 1.807) is 24.0 Å². The normalized spacial score (nSPS) is 9.71. The molecule has 0 aliphatic rings. The fourth-order valence-corrected chi connectivity index (χ4v) is 1.14. The van der Waals surface area contributed by atoms with Crippen LogP contribution in [0.2, 0.25) is 0 Å². The van der Waals surface area contributed by atoms with Crippen molar-refractivity contribution in [3.63, 3.8) is 0 Å². The van der Waals surface area contributed by atoms with Crippen LogP contribution in [0.4, 0.5) is 0 Å². The first-order valence-electron chi connectivity index (χ1n) is 5.10. The van der Waals surface area contributed by atoms with Crippen LogP contribution in [0.25, 0.3) is 0 Å². The van der Waals surface area contributed by atoms with Crippen LogP contribution >= 0.6 is 0 Å². The Balaban J connectivity index is 2.46. The van der Waals surface area contributed by atoms with Gasteiger partial charge in [0.05, 0.1) is 0 Å². The number of aryl methyl sites for hydroxylation is 1. The van der Waals surface area contributed by atoms with Crippen molar-refractivity contribution in [2.75, 3.05) is 19.7 Å². The third kappa shape index (κ3) is 4.10. The number of aromatic nitrogens is 2. The van der Waals surface area contributed by atoms with Gasteiger partial charge in [-0.25, -0.2) is 0 Å². The van der Waals surface area contributed by atoms with Crippen molar-refractivity contribution in [1.82, 2.24) is 15.0 Å². The highest BCUT2D eigenvalue weighted by atomic mass is 16.6. The van der Waals surface area contributed by atoms with Gasteiger partial charge in [-0.05, 0) is 6.92 Å². The molecular formula is C11H15N3O3. The molecule has 0 aromatic carbocycles. The Hall–Kier alpha value is -2.11. The van der Waals surface area contributed by atoms with Crippen molar-refractivity contribution in [2.24, 2.45) is 0 Å². The second-order valence-corrected chi connectivity index (χ2v) is 3.27. The predicted molar refractivity (Wildman–Crippen MR) is 61.5 cm³/mol. The van der Waals surface area contributed by atoms with Crippen LogP contribution < -0.4 is 4.74 Å². The van der Waals surface area contributed by atoms with Gasteiger partial charge in [0.2, 0.25) is 0 Å². The number of ether oxygens (including phenoxy) is 1. The summed E-state index contributed by atoms with van der Waals surface area (Å²) in [6.07, 6.45) is 3.27. The van der Waals surface area contributed by atoms with E-state index in [2.05, 4.69) is 23.3 Å².